The Balaban J connectivity index is 2.11. The van der Waals surface area contributed by atoms with Crippen molar-refractivity contribution in [2.24, 2.45) is 4.99 Å². The maximum atomic E-state index is 12.4. The van der Waals surface area contributed by atoms with Gasteiger partial charge in [-0.3, -0.25) is 0 Å². The normalized spacial score (nSPS) is 11.0. The Hall–Kier alpha value is -2.14. The molecule has 0 N–H and O–H groups in total. The second kappa shape index (κ2) is 8.11. The van der Waals surface area contributed by atoms with Gasteiger partial charge in [0, 0.05) is 23.3 Å². The van der Waals surface area contributed by atoms with E-state index in [1.165, 1.54) is 4.88 Å². The van der Waals surface area contributed by atoms with Crippen LogP contribution in [-0.2, 0) is 11.3 Å². The van der Waals surface area contributed by atoms with Gasteiger partial charge in [-0.05, 0) is 63.1 Å². The van der Waals surface area contributed by atoms with E-state index >= 15 is 0 Å². The molecule has 2 rings (SSSR count). The number of esters is 1. The Kier molecular flexibility index (Phi) is 6.15. The van der Waals surface area contributed by atoms with Crippen LogP contribution in [0.4, 0.5) is 5.69 Å². The van der Waals surface area contributed by atoms with Crippen molar-refractivity contribution < 1.29 is 9.53 Å². The third-order valence-corrected chi connectivity index (χ3v) is 4.99. The van der Waals surface area contributed by atoms with E-state index in [2.05, 4.69) is 11.9 Å². The fraction of sp³-hybridized carbons (Fsp3) is 0.368. The first-order chi connectivity index (χ1) is 11.4. The molecule has 4 nitrogen and oxygen atoms in total. The van der Waals surface area contributed by atoms with E-state index in [0.29, 0.717) is 12.2 Å². The summed E-state index contributed by atoms with van der Waals surface area (Å²) in [6.45, 7) is 9.24. The predicted molar refractivity (Wildman–Crippen MR) is 101 cm³/mol. The van der Waals surface area contributed by atoms with E-state index in [9.17, 15) is 4.79 Å². The van der Waals surface area contributed by atoms with Gasteiger partial charge in [0.25, 0.3) is 0 Å². The lowest BCUT2D eigenvalue weighted by Crippen LogP contribution is -2.14. The summed E-state index contributed by atoms with van der Waals surface area (Å²) in [5, 5.41) is 0. The predicted octanol–water partition coefficient (Wildman–Crippen LogP) is 4.64. The van der Waals surface area contributed by atoms with Crippen LogP contribution in [0.15, 0.2) is 29.3 Å². The van der Waals surface area contributed by atoms with Crippen molar-refractivity contribution >= 4 is 29.3 Å². The molecule has 0 fully saturated rings. The van der Waals surface area contributed by atoms with Gasteiger partial charge in [-0.15, -0.1) is 11.3 Å². The SMILES string of the molecule is CCN(C)C=Nc1ccc(C(=O)OCc2ccc(C)s2)c(C)c1C. The molecule has 128 valence electrons. The summed E-state index contributed by atoms with van der Waals surface area (Å²) >= 11 is 1.65. The Bertz CT molecular complexity index is 750. The van der Waals surface area contributed by atoms with Crippen molar-refractivity contribution in [2.45, 2.75) is 34.3 Å². The third kappa shape index (κ3) is 4.45. The molecule has 0 radical (unpaired) electrons. The first kappa shape index (κ1) is 18.2. The molecule has 0 saturated heterocycles. The molecular weight excluding hydrogens is 320 g/mol. The van der Waals surface area contributed by atoms with Crippen LogP contribution in [0.5, 0.6) is 0 Å². The number of aliphatic imine (C=N–C) groups is 1. The molecular formula is C19H24N2O2S. The molecule has 0 saturated carbocycles. The first-order valence-corrected chi connectivity index (χ1v) is 8.81. The average Bonchev–Trinajstić information content (AvgIpc) is 2.99. The number of nitrogens with zero attached hydrogens (tertiary/aromatic N) is 2. The van der Waals surface area contributed by atoms with Gasteiger partial charge in [0.1, 0.15) is 6.61 Å². The fourth-order valence-electron chi connectivity index (χ4n) is 2.19. The standard InChI is InChI=1S/C19H24N2O2S/c1-6-21(5)12-20-18-10-9-17(14(3)15(18)4)19(22)23-11-16-8-7-13(2)24-16/h7-10,12H,6,11H2,1-5H3. The number of thiophene rings is 1. The van der Waals surface area contributed by atoms with Gasteiger partial charge in [0.2, 0.25) is 0 Å². The zero-order chi connectivity index (χ0) is 17.7. The quantitative estimate of drug-likeness (QED) is 0.435. The van der Waals surface area contributed by atoms with Crippen LogP contribution in [0.2, 0.25) is 0 Å². The number of carbonyl (C=O) groups excluding carboxylic acids is 1. The highest BCUT2D eigenvalue weighted by molar-refractivity contribution is 7.11. The van der Waals surface area contributed by atoms with Crippen molar-refractivity contribution in [1.82, 2.24) is 4.90 Å². The van der Waals surface area contributed by atoms with Crippen molar-refractivity contribution in [1.29, 1.82) is 0 Å². The largest absolute Gasteiger partial charge is 0.456 e. The lowest BCUT2D eigenvalue weighted by molar-refractivity contribution is 0.0476. The Morgan fingerprint density at radius 3 is 2.58 bits per heavy atom. The molecule has 0 amide bonds. The van der Waals surface area contributed by atoms with E-state index in [-0.39, 0.29) is 5.97 Å². The fourth-order valence-corrected chi connectivity index (χ4v) is 2.99. The summed E-state index contributed by atoms with van der Waals surface area (Å²) in [5.74, 6) is -0.289. The van der Waals surface area contributed by atoms with E-state index in [0.717, 1.165) is 28.2 Å². The molecule has 1 aromatic carbocycles. The monoisotopic (exact) mass is 344 g/mol. The Morgan fingerprint density at radius 2 is 1.96 bits per heavy atom. The summed E-state index contributed by atoms with van der Waals surface area (Å²) in [6, 6.07) is 7.69. The summed E-state index contributed by atoms with van der Waals surface area (Å²) in [7, 11) is 1.98. The summed E-state index contributed by atoms with van der Waals surface area (Å²) in [4.78, 5) is 21.1. The highest BCUT2D eigenvalue weighted by Crippen LogP contribution is 2.25. The molecule has 0 bridgehead atoms. The van der Waals surface area contributed by atoms with Crippen LogP contribution in [0.3, 0.4) is 0 Å². The number of hydrogen-bond acceptors (Lipinski definition) is 4. The first-order valence-electron chi connectivity index (χ1n) is 7.99. The molecule has 24 heavy (non-hydrogen) atoms. The van der Waals surface area contributed by atoms with Crippen LogP contribution < -0.4 is 0 Å². The Morgan fingerprint density at radius 1 is 1.21 bits per heavy atom. The smallest absolute Gasteiger partial charge is 0.338 e. The van der Waals surface area contributed by atoms with Gasteiger partial charge >= 0.3 is 5.97 Å². The minimum absolute atomic E-state index is 0.289. The highest BCUT2D eigenvalue weighted by Gasteiger charge is 2.14. The summed E-state index contributed by atoms with van der Waals surface area (Å²) < 4.78 is 5.44. The maximum absolute atomic E-state index is 12.4. The van der Waals surface area contributed by atoms with Gasteiger partial charge in [-0.25, -0.2) is 9.79 Å². The molecule has 0 atom stereocenters. The van der Waals surface area contributed by atoms with Crippen LogP contribution >= 0.6 is 11.3 Å². The van der Waals surface area contributed by atoms with Crippen molar-refractivity contribution in [2.75, 3.05) is 13.6 Å². The molecule has 5 heteroatoms. The number of rotatable bonds is 6. The molecule has 2 aromatic rings. The minimum atomic E-state index is -0.289. The summed E-state index contributed by atoms with van der Waals surface area (Å²) in [5.41, 5.74) is 3.38. The molecule has 0 aliphatic rings. The lowest BCUT2D eigenvalue weighted by Gasteiger charge is -2.12. The van der Waals surface area contributed by atoms with E-state index in [1.807, 2.05) is 50.9 Å². The molecule has 1 heterocycles. The molecule has 0 spiro atoms. The number of aryl methyl sites for hydroxylation is 1. The molecule has 1 aromatic heterocycles. The Labute approximate surface area is 147 Å². The van der Waals surface area contributed by atoms with Gasteiger partial charge < -0.3 is 9.64 Å². The van der Waals surface area contributed by atoms with Crippen molar-refractivity contribution in [3.63, 3.8) is 0 Å². The van der Waals surface area contributed by atoms with Gasteiger partial charge in [0.05, 0.1) is 17.6 Å². The maximum Gasteiger partial charge on any atom is 0.338 e. The van der Waals surface area contributed by atoms with E-state index in [1.54, 1.807) is 23.7 Å². The third-order valence-electron chi connectivity index (χ3n) is 4.01. The van der Waals surface area contributed by atoms with E-state index < -0.39 is 0 Å². The van der Waals surface area contributed by atoms with Crippen LogP contribution in [0, 0.1) is 20.8 Å². The lowest BCUT2D eigenvalue weighted by atomic mass is 10.0. The average molecular weight is 344 g/mol. The van der Waals surface area contributed by atoms with Crippen LogP contribution in [0.1, 0.15) is 38.2 Å². The van der Waals surface area contributed by atoms with Crippen molar-refractivity contribution in [3.05, 3.63) is 50.7 Å². The van der Waals surface area contributed by atoms with Crippen LogP contribution in [-0.4, -0.2) is 30.8 Å². The van der Waals surface area contributed by atoms with Gasteiger partial charge in [-0.2, -0.15) is 0 Å². The topological polar surface area (TPSA) is 41.9 Å². The summed E-state index contributed by atoms with van der Waals surface area (Å²) in [6.07, 6.45) is 1.80. The van der Waals surface area contributed by atoms with Crippen LogP contribution in [0.25, 0.3) is 0 Å². The molecule has 0 aliphatic heterocycles. The zero-order valence-electron chi connectivity index (χ0n) is 14.9. The second-order valence-electron chi connectivity index (χ2n) is 5.79. The minimum Gasteiger partial charge on any atom is -0.456 e. The highest BCUT2D eigenvalue weighted by atomic mass is 32.1. The van der Waals surface area contributed by atoms with Gasteiger partial charge in [-0.1, -0.05) is 0 Å². The van der Waals surface area contributed by atoms with E-state index in [4.69, 9.17) is 4.74 Å². The molecule has 0 aliphatic carbocycles. The molecule has 0 unspecified atom stereocenters. The zero-order valence-corrected chi connectivity index (χ0v) is 15.7. The second-order valence-corrected chi connectivity index (χ2v) is 7.16. The number of ether oxygens (including phenoxy) is 1. The number of carbonyl (C=O) groups is 1. The van der Waals surface area contributed by atoms with Crippen molar-refractivity contribution in [3.8, 4) is 0 Å². The number of hydrogen-bond donors (Lipinski definition) is 0. The van der Waals surface area contributed by atoms with Gasteiger partial charge in [0.15, 0.2) is 0 Å². The number of benzene rings is 1.